The van der Waals surface area contributed by atoms with E-state index in [2.05, 4.69) is 117 Å². The summed E-state index contributed by atoms with van der Waals surface area (Å²) in [6.45, 7) is 14.2. The van der Waals surface area contributed by atoms with Crippen LogP contribution in [0.1, 0.15) is 33.3 Å². The molecule has 4 aromatic rings. The maximum Gasteiger partial charge on any atom is 0.356 e. The average Bonchev–Trinajstić information content (AvgIpc) is 3.12. The number of esters is 1. The van der Waals surface area contributed by atoms with Gasteiger partial charge in [-0.15, -0.1) is 11.8 Å². The van der Waals surface area contributed by atoms with Crippen LogP contribution in [0.15, 0.2) is 133 Å². The SMILES string of the molecule is C=CCOC(=O)C(N1C[C@](Sc2ccc(CBr)cc2)([C@@H](C)O[Si](C)(C)C(C)(C)C)C1=O)=P(c1ccccc1)(c1ccccc1)c1ccccc1. The van der Waals surface area contributed by atoms with Gasteiger partial charge < -0.3 is 14.1 Å². The predicted octanol–water partition coefficient (Wildman–Crippen LogP) is 8.52. The van der Waals surface area contributed by atoms with Crippen LogP contribution < -0.4 is 15.9 Å². The van der Waals surface area contributed by atoms with Gasteiger partial charge >= 0.3 is 5.97 Å². The first-order valence-electron chi connectivity index (χ1n) is 16.9. The molecule has 1 saturated heterocycles. The van der Waals surface area contributed by atoms with Gasteiger partial charge in [0.2, 0.25) is 5.91 Å². The van der Waals surface area contributed by atoms with E-state index in [-0.39, 0.29) is 24.1 Å². The number of benzene rings is 4. The van der Waals surface area contributed by atoms with Gasteiger partial charge in [-0.3, -0.25) is 4.79 Å². The lowest BCUT2D eigenvalue weighted by Crippen LogP contribution is -2.73. The molecule has 262 valence electrons. The summed E-state index contributed by atoms with van der Waals surface area (Å²) < 4.78 is 12.0. The zero-order valence-electron chi connectivity index (χ0n) is 29.8. The molecule has 1 aliphatic rings. The van der Waals surface area contributed by atoms with Crippen molar-refractivity contribution in [3.8, 4) is 0 Å². The maximum atomic E-state index is 15.4. The normalized spacial score (nSPS) is 17.1. The first-order chi connectivity index (χ1) is 23.8. The Labute approximate surface area is 311 Å². The molecule has 5 nitrogen and oxygen atoms in total. The lowest BCUT2D eigenvalue weighted by Gasteiger charge is -2.54. The number of hydrogen-bond donors (Lipinski definition) is 0. The molecule has 1 aliphatic heterocycles. The summed E-state index contributed by atoms with van der Waals surface area (Å²) in [6, 6.07) is 38.5. The van der Waals surface area contributed by atoms with Crippen molar-refractivity contribution in [1.82, 2.24) is 4.90 Å². The van der Waals surface area contributed by atoms with Gasteiger partial charge in [-0.25, -0.2) is 4.79 Å². The fourth-order valence-corrected chi connectivity index (χ4v) is 13.7. The maximum absolute atomic E-state index is 15.4. The molecule has 50 heavy (non-hydrogen) atoms. The van der Waals surface area contributed by atoms with E-state index in [4.69, 9.17) is 9.16 Å². The summed E-state index contributed by atoms with van der Waals surface area (Å²) in [4.78, 5) is 32.7. The number of likely N-dealkylation sites (tertiary alicyclic amines) is 1. The van der Waals surface area contributed by atoms with E-state index >= 15 is 4.79 Å². The van der Waals surface area contributed by atoms with E-state index in [1.54, 1.807) is 11.0 Å². The van der Waals surface area contributed by atoms with Gasteiger partial charge in [0, 0.05) is 17.1 Å². The average molecular weight is 789 g/mol. The van der Waals surface area contributed by atoms with Crippen molar-refractivity contribution < 1.29 is 18.8 Å². The monoisotopic (exact) mass is 787 g/mol. The molecule has 0 unspecified atom stereocenters. The first kappa shape index (κ1) is 38.1. The molecule has 0 aliphatic carbocycles. The Hall–Kier alpha value is -3.13. The van der Waals surface area contributed by atoms with Gasteiger partial charge in [-0.1, -0.05) is 152 Å². The van der Waals surface area contributed by atoms with Crippen molar-refractivity contribution in [1.29, 1.82) is 0 Å². The van der Waals surface area contributed by atoms with Crippen molar-refractivity contribution in [3.63, 3.8) is 0 Å². The molecule has 0 N–H and O–H groups in total. The van der Waals surface area contributed by atoms with E-state index in [9.17, 15) is 4.79 Å². The number of nitrogens with zero attached hydrogens (tertiary/aromatic N) is 1. The van der Waals surface area contributed by atoms with E-state index < -0.39 is 32.0 Å². The van der Waals surface area contributed by atoms with Crippen LogP contribution >= 0.6 is 34.6 Å². The second-order valence-electron chi connectivity index (χ2n) is 14.1. The summed E-state index contributed by atoms with van der Waals surface area (Å²) >= 11 is 5.09. The highest BCUT2D eigenvalue weighted by atomic mass is 79.9. The highest BCUT2D eigenvalue weighted by molar-refractivity contribution is 9.08. The van der Waals surface area contributed by atoms with E-state index in [0.29, 0.717) is 5.42 Å². The number of carbonyl (C=O) groups is 2. The van der Waals surface area contributed by atoms with Crippen LogP contribution in [0.3, 0.4) is 0 Å². The summed E-state index contributed by atoms with van der Waals surface area (Å²) in [7, 11) is -2.30. The summed E-state index contributed by atoms with van der Waals surface area (Å²) in [5, 5.41) is 3.55. The minimum Gasteiger partial charge on any atom is -0.457 e. The van der Waals surface area contributed by atoms with Crippen LogP contribution in [-0.2, 0) is 24.1 Å². The summed E-state index contributed by atoms with van der Waals surface area (Å²) in [5.74, 6) is -0.683. The Morgan fingerprint density at radius 1 is 0.920 bits per heavy atom. The van der Waals surface area contributed by atoms with Crippen molar-refractivity contribution in [3.05, 3.63) is 133 Å². The third kappa shape index (κ3) is 7.28. The first-order valence-corrected chi connectivity index (χ1v) is 23.5. The molecular weight excluding hydrogens is 741 g/mol. The third-order valence-electron chi connectivity index (χ3n) is 9.83. The fourth-order valence-electron chi connectivity index (χ4n) is 6.11. The topological polar surface area (TPSA) is 55.8 Å². The number of β-lactam (4-membered cyclic amide) rings is 1. The Kier molecular flexibility index (Phi) is 11.9. The van der Waals surface area contributed by atoms with E-state index in [0.717, 1.165) is 31.7 Å². The van der Waals surface area contributed by atoms with Gasteiger partial charge in [0.1, 0.15) is 16.8 Å². The summed E-state index contributed by atoms with van der Waals surface area (Å²) in [6.07, 6.45) is 1.13. The number of rotatable bonds is 13. The number of alkyl halides is 1. The van der Waals surface area contributed by atoms with Crippen LogP contribution in [0, 0.1) is 0 Å². The molecule has 0 spiro atoms. The van der Waals surface area contributed by atoms with Crippen LogP contribution in [-0.4, -0.2) is 54.5 Å². The highest BCUT2D eigenvalue weighted by Gasteiger charge is 2.61. The minimum atomic E-state index is -3.00. The second-order valence-corrected chi connectivity index (χ2v) is 24.1. The van der Waals surface area contributed by atoms with E-state index in [1.807, 2.05) is 61.5 Å². The Morgan fingerprint density at radius 3 is 1.80 bits per heavy atom. The van der Waals surface area contributed by atoms with Crippen LogP contribution in [0.5, 0.6) is 0 Å². The molecule has 2 atom stereocenters. The van der Waals surface area contributed by atoms with Gasteiger partial charge in [0.05, 0.1) is 12.6 Å². The molecule has 5 rings (SSSR count). The van der Waals surface area contributed by atoms with Crippen LogP contribution in [0.4, 0.5) is 0 Å². The second kappa shape index (κ2) is 15.6. The predicted molar refractivity (Wildman–Crippen MR) is 218 cm³/mol. The molecule has 0 bridgehead atoms. The van der Waals surface area contributed by atoms with Gasteiger partial charge in [-0.05, 0) is 58.7 Å². The number of carbonyl (C=O) groups excluding carboxylic acids is 2. The fraction of sp³-hybridized carbons (Fsp3) is 0.293. The summed E-state index contributed by atoms with van der Waals surface area (Å²) in [5.41, 5.74) is 1.51. The molecule has 1 heterocycles. The standard InChI is InChI=1S/C41H47BrNO4PSSi/c1-8-28-46-38(44)37(48(33-18-12-9-13-19-33,34-20-14-10-15-21-34)35-22-16-11-17-23-35)43-30-41(39(43)45,31(2)47-50(6,7)40(3,4)5)49-36-26-24-32(29-42)25-27-36/h8-27,31H,1,28-30H2,2-7H3/t31-,41+/m1/s1. The Bertz CT molecular complexity index is 1760. The van der Waals surface area contributed by atoms with Crippen molar-refractivity contribution in [2.24, 2.45) is 0 Å². The molecule has 9 heteroatoms. The lowest BCUT2D eigenvalue weighted by molar-refractivity contribution is -0.146. The molecular formula is C41H47BrNO4PSSi. The molecule has 1 fully saturated rings. The van der Waals surface area contributed by atoms with Gasteiger partial charge in [0.25, 0.3) is 0 Å². The van der Waals surface area contributed by atoms with E-state index in [1.165, 1.54) is 11.8 Å². The number of hydrogen-bond acceptors (Lipinski definition) is 5. The van der Waals surface area contributed by atoms with Gasteiger partial charge in [0.15, 0.2) is 8.32 Å². The number of amides is 1. The smallest absolute Gasteiger partial charge is 0.356 e. The van der Waals surface area contributed by atoms with Crippen molar-refractivity contribution in [2.75, 3.05) is 13.2 Å². The number of thioether (sulfide) groups is 1. The molecule has 0 aromatic heterocycles. The Balaban J connectivity index is 1.80. The lowest BCUT2D eigenvalue weighted by atomic mass is 9.92. The van der Waals surface area contributed by atoms with Crippen molar-refractivity contribution >= 4 is 76.1 Å². The number of ether oxygens (including phenoxy) is 1. The molecule has 4 aromatic carbocycles. The molecule has 0 saturated carbocycles. The zero-order chi connectivity index (χ0) is 36.2. The third-order valence-corrected chi connectivity index (χ3v) is 20.8. The molecule has 1 amide bonds. The van der Waals surface area contributed by atoms with Crippen LogP contribution in [0.25, 0.3) is 0 Å². The van der Waals surface area contributed by atoms with Crippen LogP contribution in [0.2, 0.25) is 18.1 Å². The molecule has 0 radical (unpaired) electrons. The number of halogens is 1. The van der Waals surface area contributed by atoms with Crippen molar-refractivity contribution in [2.45, 2.75) is 66.9 Å². The minimum absolute atomic E-state index is 0.0213. The quantitative estimate of drug-likeness (QED) is 0.0340. The Morgan fingerprint density at radius 2 is 1.40 bits per heavy atom. The van der Waals surface area contributed by atoms with Gasteiger partial charge in [-0.2, -0.15) is 0 Å². The zero-order valence-corrected chi connectivity index (χ0v) is 34.1. The highest BCUT2D eigenvalue weighted by Crippen LogP contribution is 2.53. The largest absolute Gasteiger partial charge is 0.457 e.